The van der Waals surface area contributed by atoms with E-state index in [1.54, 1.807) is 0 Å². The number of ether oxygens (including phenoxy) is 5. The van der Waals surface area contributed by atoms with Crippen molar-refractivity contribution >= 4 is 34.4 Å². The van der Waals surface area contributed by atoms with E-state index >= 15 is 0 Å². The van der Waals surface area contributed by atoms with E-state index in [-0.39, 0.29) is 25.6 Å². The Morgan fingerprint density at radius 1 is 0.796 bits per heavy atom. The highest BCUT2D eigenvalue weighted by atomic mass is 28.4. The molecule has 9 atom stereocenters. The number of Topliss-reactive ketones (excluding diaryl/α,β-unsaturated/α-hetero) is 1. The molecule has 0 radical (unpaired) electrons. The highest BCUT2D eigenvalue weighted by Crippen LogP contribution is 2.71. The SMILES string of the molecule is CC[Si](CC)(CC)O[C@H]1C[C@@H](O[Si](CC)(CC)CC)[C@@]2(C(=O)OC)CO[C@H]3C(=O)[C@H](C)[C@@H]4[C@@](OCc5ccccc5)(C(=O)OC)OC[C@@]14[C@@H]32. The zero-order chi connectivity index (χ0) is 35.8. The Kier molecular flexibility index (Phi) is 11.4. The fourth-order valence-electron chi connectivity index (χ4n) is 10.1. The lowest BCUT2D eigenvalue weighted by molar-refractivity contribution is -0.260. The molecule has 2 heterocycles. The molecule has 0 amide bonds. The van der Waals surface area contributed by atoms with Gasteiger partial charge in [0.15, 0.2) is 22.4 Å². The molecule has 2 saturated heterocycles. The van der Waals surface area contributed by atoms with Gasteiger partial charge in [0, 0.05) is 23.2 Å². The van der Waals surface area contributed by atoms with Crippen LogP contribution in [0.2, 0.25) is 36.3 Å². The molecule has 49 heavy (non-hydrogen) atoms. The minimum atomic E-state index is -2.33. The number of hydrogen-bond donors (Lipinski definition) is 0. The summed E-state index contributed by atoms with van der Waals surface area (Å²) >= 11 is 0. The third-order valence-electron chi connectivity index (χ3n) is 13.3. The van der Waals surface area contributed by atoms with Gasteiger partial charge in [0.05, 0.1) is 46.2 Å². The quantitative estimate of drug-likeness (QED) is 0.152. The smallest absolute Gasteiger partial charge is 0.366 e. The molecule has 4 fully saturated rings. The van der Waals surface area contributed by atoms with Crippen LogP contribution < -0.4 is 0 Å². The summed E-state index contributed by atoms with van der Waals surface area (Å²) in [5, 5.41) is 0. The molecule has 1 spiro atoms. The van der Waals surface area contributed by atoms with E-state index in [0.29, 0.717) is 6.42 Å². The van der Waals surface area contributed by atoms with Gasteiger partial charge in [-0.3, -0.25) is 9.59 Å². The average Bonchev–Trinajstić information content (AvgIpc) is 3.72. The number of methoxy groups -OCH3 is 2. The Morgan fingerprint density at radius 2 is 1.35 bits per heavy atom. The first-order valence-corrected chi connectivity index (χ1v) is 23.5. The Bertz CT molecular complexity index is 1340. The number of carbonyl (C=O) groups excluding carboxylic acids is 3. The maximum absolute atomic E-state index is 14.6. The molecule has 2 aliphatic carbocycles. The summed E-state index contributed by atoms with van der Waals surface area (Å²) in [6.45, 7) is 15.0. The van der Waals surface area contributed by atoms with Crippen molar-refractivity contribution in [3.05, 3.63) is 35.9 Å². The van der Waals surface area contributed by atoms with Crippen LogP contribution in [0.5, 0.6) is 0 Å². The van der Waals surface area contributed by atoms with Crippen molar-refractivity contribution in [2.24, 2.45) is 28.6 Å². The monoisotopic (exact) mass is 718 g/mol. The van der Waals surface area contributed by atoms with Crippen LogP contribution in [0.3, 0.4) is 0 Å². The van der Waals surface area contributed by atoms with Gasteiger partial charge in [-0.05, 0) is 48.2 Å². The molecule has 10 nitrogen and oxygen atoms in total. The van der Waals surface area contributed by atoms with E-state index < -0.39 is 81.3 Å². The highest BCUT2D eigenvalue weighted by Gasteiger charge is 2.83. The van der Waals surface area contributed by atoms with Gasteiger partial charge < -0.3 is 32.5 Å². The van der Waals surface area contributed by atoms with Crippen molar-refractivity contribution in [2.45, 2.75) is 122 Å². The van der Waals surface area contributed by atoms with Crippen LogP contribution in [0, 0.1) is 28.6 Å². The molecule has 1 aromatic rings. The maximum Gasteiger partial charge on any atom is 0.366 e. The molecule has 4 aliphatic rings. The number of hydrogen-bond acceptors (Lipinski definition) is 10. The van der Waals surface area contributed by atoms with Gasteiger partial charge in [0.25, 0.3) is 5.79 Å². The van der Waals surface area contributed by atoms with Crippen LogP contribution in [-0.2, 0) is 53.5 Å². The lowest BCUT2D eigenvalue weighted by Crippen LogP contribution is -2.74. The second-order valence-corrected chi connectivity index (χ2v) is 24.1. The molecular formula is C37H58O10Si2. The zero-order valence-electron chi connectivity index (χ0n) is 31.0. The van der Waals surface area contributed by atoms with Crippen LogP contribution in [0.1, 0.15) is 60.5 Å². The molecule has 2 aliphatic heterocycles. The van der Waals surface area contributed by atoms with E-state index in [1.165, 1.54) is 14.2 Å². The van der Waals surface area contributed by atoms with Crippen LogP contribution in [0.4, 0.5) is 0 Å². The van der Waals surface area contributed by atoms with Gasteiger partial charge in [-0.25, -0.2) is 4.79 Å². The minimum absolute atomic E-state index is 0.0189. The summed E-state index contributed by atoms with van der Waals surface area (Å²) in [6.07, 6.45) is -1.63. The van der Waals surface area contributed by atoms with Crippen LogP contribution in [0.25, 0.3) is 0 Å². The number of esters is 2. The van der Waals surface area contributed by atoms with Crippen molar-refractivity contribution in [1.29, 1.82) is 0 Å². The lowest BCUT2D eigenvalue weighted by Gasteiger charge is -2.62. The first-order chi connectivity index (χ1) is 23.4. The molecule has 0 N–H and O–H groups in total. The molecule has 12 heteroatoms. The van der Waals surface area contributed by atoms with Gasteiger partial charge in [0.1, 0.15) is 11.5 Å². The normalized spacial score (nSPS) is 35.5. The molecule has 5 rings (SSSR count). The molecule has 0 unspecified atom stereocenters. The second-order valence-electron chi connectivity index (χ2n) is 14.7. The predicted octanol–water partition coefficient (Wildman–Crippen LogP) is 6.28. The van der Waals surface area contributed by atoms with E-state index in [1.807, 2.05) is 37.3 Å². The fourth-order valence-corrected chi connectivity index (χ4v) is 15.9. The highest BCUT2D eigenvalue weighted by molar-refractivity contribution is 6.74. The molecule has 0 bridgehead atoms. The maximum atomic E-state index is 14.6. The standard InChI is InChI=1S/C37H58O10Si2/c1-10-48(11-2,12-3)46-27-21-28(47-49(13-4,14-5)15-6)36(33(39)41-8)23-43-30-29(38)25(7)31-35(27,32(30)36)24-45-37(31,34(40)42-9)44-22-26-19-17-16-18-20-26/h16-20,25,27-28,30-32H,10-15,21-24H2,1-9H3/t25-,27-,28+,30-,31-,32+,35+,36-,37-/m0/s1. The van der Waals surface area contributed by atoms with E-state index in [0.717, 1.165) is 41.8 Å². The van der Waals surface area contributed by atoms with E-state index in [2.05, 4.69) is 41.5 Å². The largest absolute Gasteiger partial charge is 0.468 e. The summed E-state index contributed by atoms with van der Waals surface area (Å²) in [5.41, 5.74) is -1.50. The van der Waals surface area contributed by atoms with Gasteiger partial charge in [0.2, 0.25) is 0 Å². The minimum Gasteiger partial charge on any atom is -0.468 e. The van der Waals surface area contributed by atoms with Crippen molar-refractivity contribution in [2.75, 3.05) is 27.4 Å². The Morgan fingerprint density at radius 3 is 1.88 bits per heavy atom. The molecule has 1 aromatic carbocycles. The number of ketones is 1. The Balaban J connectivity index is 1.77. The number of carbonyl (C=O) groups is 3. The van der Waals surface area contributed by atoms with E-state index in [4.69, 9.17) is 32.5 Å². The van der Waals surface area contributed by atoms with Gasteiger partial charge >= 0.3 is 11.9 Å². The molecule has 2 saturated carbocycles. The first-order valence-electron chi connectivity index (χ1n) is 18.4. The molecule has 274 valence electrons. The third-order valence-corrected chi connectivity index (χ3v) is 22.6. The van der Waals surface area contributed by atoms with Crippen molar-refractivity contribution < 1.29 is 46.9 Å². The van der Waals surface area contributed by atoms with Gasteiger partial charge in [-0.1, -0.05) is 78.8 Å². The summed E-state index contributed by atoms with van der Waals surface area (Å²) in [5.74, 6) is -5.56. The van der Waals surface area contributed by atoms with Gasteiger partial charge in [-0.15, -0.1) is 0 Å². The fraction of sp³-hybridized carbons (Fsp3) is 0.757. The average molecular weight is 719 g/mol. The Hall–Kier alpha value is -1.94. The van der Waals surface area contributed by atoms with Gasteiger partial charge in [-0.2, -0.15) is 0 Å². The summed E-state index contributed by atoms with van der Waals surface area (Å²) in [7, 11) is -1.94. The topological polar surface area (TPSA) is 116 Å². The first kappa shape index (κ1) is 38.3. The summed E-state index contributed by atoms with van der Waals surface area (Å²) < 4.78 is 45.8. The van der Waals surface area contributed by atoms with Crippen LogP contribution in [-0.4, -0.2) is 85.9 Å². The lowest BCUT2D eigenvalue weighted by atomic mass is 9.43. The number of rotatable bonds is 15. The zero-order valence-corrected chi connectivity index (χ0v) is 33.0. The summed E-state index contributed by atoms with van der Waals surface area (Å²) in [4.78, 5) is 43.3. The molecule has 0 aromatic heterocycles. The van der Waals surface area contributed by atoms with Crippen molar-refractivity contribution in [1.82, 2.24) is 0 Å². The second kappa shape index (κ2) is 14.6. The molecular weight excluding hydrogens is 661 g/mol. The van der Waals surface area contributed by atoms with E-state index in [9.17, 15) is 14.4 Å². The predicted molar refractivity (Wildman–Crippen MR) is 188 cm³/mol. The van der Waals surface area contributed by atoms with Crippen molar-refractivity contribution in [3.8, 4) is 0 Å². The number of benzene rings is 1. The summed E-state index contributed by atoms with van der Waals surface area (Å²) in [6, 6.07) is 14.9. The van der Waals surface area contributed by atoms with Crippen LogP contribution in [0.15, 0.2) is 30.3 Å². The third kappa shape index (κ3) is 5.72. The van der Waals surface area contributed by atoms with Crippen LogP contribution >= 0.6 is 0 Å². The van der Waals surface area contributed by atoms with Crippen molar-refractivity contribution in [3.63, 3.8) is 0 Å². The Labute approximate surface area is 294 Å².